The van der Waals surface area contributed by atoms with Crippen molar-refractivity contribution in [2.24, 2.45) is 0 Å². The first kappa shape index (κ1) is 22.8. The standard InChI is InChI=1S/C23H27NO6S/c1-6-29-22(26)20-15-12-23(2,3)30-13-18(15)31-21(20)24-19(25)10-8-14-7-9-16(27-4)17(11-14)28-5/h7-11H,6,12-13H2,1-5H3,(H,24,25). The largest absolute Gasteiger partial charge is 0.493 e. The Balaban J connectivity index is 1.83. The van der Waals surface area contributed by atoms with E-state index in [2.05, 4.69) is 5.32 Å². The van der Waals surface area contributed by atoms with Crippen LogP contribution in [0.3, 0.4) is 0 Å². The van der Waals surface area contributed by atoms with Crippen LogP contribution in [0.4, 0.5) is 5.00 Å². The van der Waals surface area contributed by atoms with Gasteiger partial charge in [0.1, 0.15) is 5.00 Å². The molecule has 0 bridgehead atoms. The number of ether oxygens (including phenoxy) is 4. The van der Waals surface area contributed by atoms with Crippen molar-refractivity contribution in [3.8, 4) is 11.5 Å². The average molecular weight is 446 g/mol. The van der Waals surface area contributed by atoms with Crippen LogP contribution in [-0.4, -0.2) is 38.3 Å². The van der Waals surface area contributed by atoms with E-state index in [0.717, 1.165) is 16.0 Å². The molecule has 1 aromatic carbocycles. The zero-order chi connectivity index (χ0) is 22.6. The zero-order valence-corrected chi connectivity index (χ0v) is 19.2. The number of carbonyl (C=O) groups excluding carboxylic acids is 2. The number of hydrogen-bond acceptors (Lipinski definition) is 7. The predicted molar refractivity (Wildman–Crippen MR) is 120 cm³/mol. The van der Waals surface area contributed by atoms with Crippen molar-refractivity contribution in [1.29, 1.82) is 0 Å². The third-order valence-corrected chi connectivity index (χ3v) is 5.96. The minimum absolute atomic E-state index is 0.260. The van der Waals surface area contributed by atoms with Gasteiger partial charge in [0.15, 0.2) is 11.5 Å². The highest BCUT2D eigenvalue weighted by Gasteiger charge is 2.34. The number of rotatable bonds is 7. The molecule has 0 saturated carbocycles. The first-order valence-corrected chi connectivity index (χ1v) is 10.8. The van der Waals surface area contributed by atoms with Crippen LogP contribution in [0.5, 0.6) is 11.5 Å². The third-order valence-electron chi connectivity index (χ3n) is 4.84. The maximum atomic E-state index is 12.6. The third kappa shape index (κ3) is 5.26. The van der Waals surface area contributed by atoms with Gasteiger partial charge in [-0.15, -0.1) is 11.3 Å². The van der Waals surface area contributed by atoms with Gasteiger partial charge in [-0.3, -0.25) is 4.79 Å². The summed E-state index contributed by atoms with van der Waals surface area (Å²) in [6, 6.07) is 5.36. The van der Waals surface area contributed by atoms with Crippen LogP contribution in [0.2, 0.25) is 0 Å². The molecule has 2 heterocycles. The molecule has 1 aliphatic heterocycles. The van der Waals surface area contributed by atoms with Gasteiger partial charge in [0.05, 0.1) is 38.6 Å². The summed E-state index contributed by atoms with van der Waals surface area (Å²) in [5, 5.41) is 3.31. The molecular formula is C23H27NO6S. The normalized spacial score (nSPS) is 14.7. The summed E-state index contributed by atoms with van der Waals surface area (Å²) in [5.41, 5.74) is 1.70. The van der Waals surface area contributed by atoms with Crippen LogP contribution >= 0.6 is 11.3 Å². The lowest BCUT2D eigenvalue weighted by molar-refractivity contribution is -0.111. The second-order valence-electron chi connectivity index (χ2n) is 7.59. The molecule has 0 radical (unpaired) electrons. The molecule has 1 aliphatic rings. The molecule has 0 unspecified atom stereocenters. The number of amides is 1. The van der Waals surface area contributed by atoms with Gasteiger partial charge in [-0.1, -0.05) is 6.07 Å². The fourth-order valence-electron chi connectivity index (χ4n) is 3.34. The van der Waals surface area contributed by atoms with E-state index in [-0.39, 0.29) is 18.1 Å². The Kier molecular flexibility index (Phi) is 7.02. The molecular weight excluding hydrogens is 418 g/mol. The van der Waals surface area contributed by atoms with Crippen molar-refractivity contribution < 1.29 is 28.5 Å². The summed E-state index contributed by atoms with van der Waals surface area (Å²) in [6.07, 6.45) is 3.65. The molecule has 0 fully saturated rings. The molecule has 3 rings (SSSR count). The van der Waals surface area contributed by atoms with Crippen molar-refractivity contribution in [2.75, 3.05) is 26.1 Å². The molecule has 0 saturated heterocycles. The molecule has 31 heavy (non-hydrogen) atoms. The topological polar surface area (TPSA) is 83.1 Å². The Labute approximate surface area is 186 Å². The SMILES string of the molecule is CCOC(=O)c1c(NC(=O)C=Cc2ccc(OC)c(OC)c2)sc2c1CC(C)(C)OC2. The average Bonchev–Trinajstić information content (AvgIpc) is 3.07. The highest BCUT2D eigenvalue weighted by Crippen LogP contribution is 2.40. The fraction of sp³-hybridized carbons (Fsp3) is 0.391. The van der Waals surface area contributed by atoms with E-state index in [1.807, 2.05) is 19.9 Å². The van der Waals surface area contributed by atoms with Crippen molar-refractivity contribution in [3.63, 3.8) is 0 Å². The van der Waals surface area contributed by atoms with Gasteiger partial charge in [0.25, 0.3) is 0 Å². The summed E-state index contributed by atoms with van der Waals surface area (Å²) in [7, 11) is 3.12. The van der Waals surface area contributed by atoms with E-state index < -0.39 is 5.97 Å². The fourth-order valence-corrected chi connectivity index (χ4v) is 4.46. The summed E-state index contributed by atoms with van der Waals surface area (Å²) in [4.78, 5) is 26.2. The Bertz CT molecular complexity index is 1010. The van der Waals surface area contributed by atoms with Gasteiger partial charge in [0, 0.05) is 17.4 Å². The summed E-state index contributed by atoms with van der Waals surface area (Å²) in [6.45, 7) is 6.37. The van der Waals surface area contributed by atoms with Crippen LogP contribution in [0.25, 0.3) is 6.08 Å². The first-order valence-electron chi connectivity index (χ1n) is 9.94. The Morgan fingerprint density at radius 3 is 2.65 bits per heavy atom. The van der Waals surface area contributed by atoms with Crippen LogP contribution in [0.15, 0.2) is 24.3 Å². The minimum atomic E-state index is -0.433. The lowest BCUT2D eigenvalue weighted by Crippen LogP contribution is -2.32. The molecule has 2 aromatic rings. The molecule has 1 N–H and O–H groups in total. The number of methoxy groups -OCH3 is 2. The van der Waals surface area contributed by atoms with Gasteiger partial charge in [0.2, 0.25) is 5.91 Å². The molecule has 166 valence electrons. The van der Waals surface area contributed by atoms with E-state index >= 15 is 0 Å². The van der Waals surface area contributed by atoms with E-state index in [9.17, 15) is 9.59 Å². The second-order valence-corrected chi connectivity index (χ2v) is 8.70. The molecule has 0 aliphatic carbocycles. The van der Waals surface area contributed by atoms with Gasteiger partial charge >= 0.3 is 5.97 Å². The van der Waals surface area contributed by atoms with Crippen LogP contribution < -0.4 is 14.8 Å². The van der Waals surface area contributed by atoms with E-state index in [1.54, 1.807) is 39.4 Å². The number of carbonyl (C=O) groups is 2. The van der Waals surface area contributed by atoms with Gasteiger partial charge < -0.3 is 24.3 Å². The number of hydrogen-bond donors (Lipinski definition) is 1. The molecule has 0 atom stereocenters. The summed E-state index contributed by atoms with van der Waals surface area (Å²) in [5.74, 6) is 0.400. The minimum Gasteiger partial charge on any atom is -0.493 e. The van der Waals surface area contributed by atoms with Crippen LogP contribution in [0.1, 0.15) is 47.1 Å². The maximum absolute atomic E-state index is 12.6. The Morgan fingerprint density at radius 2 is 1.97 bits per heavy atom. The smallest absolute Gasteiger partial charge is 0.341 e. The zero-order valence-electron chi connectivity index (χ0n) is 18.4. The highest BCUT2D eigenvalue weighted by atomic mass is 32.1. The second kappa shape index (κ2) is 9.53. The van der Waals surface area contributed by atoms with Gasteiger partial charge in [-0.05, 0) is 50.1 Å². The molecule has 1 aromatic heterocycles. The quantitative estimate of drug-likeness (QED) is 0.501. The van der Waals surface area contributed by atoms with Crippen LogP contribution in [-0.2, 0) is 27.3 Å². The predicted octanol–water partition coefficient (Wildman–Crippen LogP) is 4.45. The number of nitrogens with one attached hydrogen (secondary N) is 1. The Hall–Kier alpha value is -2.84. The van der Waals surface area contributed by atoms with Gasteiger partial charge in [-0.25, -0.2) is 4.79 Å². The number of thiophene rings is 1. The van der Waals surface area contributed by atoms with E-state index in [1.165, 1.54) is 17.4 Å². The van der Waals surface area contributed by atoms with Crippen molar-refractivity contribution >= 4 is 34.3 Å². The number of esters is 1. The molecule has 0 spiro atoms. The van der Waals surface area contributed by atoms with Crippen molar-refractivity contribution in [1.82, 2.24) is 0 Å². The summed E-state index contributed by atoms with van der Waals surface area (Å²) >= 11 is 1.35. The highest BCUT2D eigenvalue weighted by molar-refractivity contribution is 7.17. The number of fused-ring (bicyclic) bond motifs is 1. The Morgan fingerprint density at radius 1 is 1.23 bits per heavy atom. The van der Waals surface area contributed by atoms with E-state index in [0.29, 0.717) is 35.1 Å². The summed E-state index contributed by atoms with van der Waals surface area (Å²) < 4.78 is 21.6. The molecule has 7 nitrogen and oxygen atoms in total. The van der Waals surface area contributed by atoms with E-state index in [4.69, 9.17) is 18.9 Å². The molecule has 8 heteroatoms. The van der Waals surface area contributed by atoms with Gasteiger partial charge in [-0.2, -0.15) is 0 Å². The maximum Gasteiger partial charge on any atom is 0.341 e. The van der Waals surface area contributed by atoms with Crippen molar-refractivity contribution in [2.45, 2.75) is 39.4 Å². The van der Waals surface area contributed by atoms with Crippen molar-refractivity contribution in [3.05, 3.63) is 45.8 Å². The monoisotopic (exact) mass is 445 g/mol. The van der Waals surface area contributed by atoms with Crippen LogP contribution in [0, 0.1) is 0 Å². The molecule has 1 amide bonds. The lowest BCUT2D eigenvalue weighted by atomic mass is 9.93. The first-order chi connectivity index (χ1) is 14.8. The number of benzene rings is 1. The number of anilines is 1. The lowest BCUT2D eigenvalue weighted by Gasteiger charge is -2.30.